The van der Waals surface area contributed by atoms with E-state index in [1.54, 1.807) is 12.1 Å². The van der Waals surface area contributed by atoms with E-state index in [9.17, 15) is 4.79 Å². The molecule has 0 atom stereocenters. The van der Waals surface area contributed by atoms with Gasteiger partial charge in [-0.2, -0.15) is 0 Å². The summed E-state index contributed by atoms with van der Waals surface area (Å²) in [6.45, 7) is 4.33. The van der Waals surface area contributed by atoms with Crippen LogP contribution in [0, 0.1) is 0 Å². The van der Waals surface area contributed by atoms with Gasteiger partial charge >= 0.3 is 0 Å². The molecule has 1 fully saturated rings. The molecule has 1 aromatic rings. The first-order chi connectivity index (χ1) is 8.16. The van der Waals surface area contributed by atoms with Crippen LogP contribution in [0.3, 0.4) is 0 Å². The predicted octanol–water partition coefficient (Wildman–Crippen LogP) is 3.50. The number of carbonyl (C=O) groups excluding carboxylic acids is 1. The van der Waals surface area contributed by atoms with Crippen molar-refractivity contribution < 1.29 is 9.53 Å². The first kappa shape index (κ1) is 19.2. The number of halogens is 4. The first-order valence-electron chi connectivity index (χ1n) is 5.45. The highest BCUT2D eigenvalue weighted by atomic mass is 79.9. The SMILES string of the molecule is Cl.Cl.O=C(Cl)c1ccc(CN2CCOCC2)c(Br)c1. The Labute approximate surface area is 138 Å². The number of morpholine rings is 1. The van der Waals surface area contributed by atoms with Gasteiger partial charge in [0.25, 0.3) is 5.24 Å². The van der Waals surface area contributed by atoms with E-state index in [-0.39, 0.29) is 24.8 Å². The summed E-state index contributed by atoms with van der Waals surface area (Å²) in [5.41, 5.74) is 1.68. The highest BCUT2D eigenvalue weighted by molar-refractivity contribution is 9.10. The Bertz CT molecular complexity index is 425. The molecule has 3 nitrogen and oxygen atoms in total. The third-order valence-corrected chi connectivity index (χ3v) is 3.73. The lowest BCUT2D eigenvalue weighted by atomic mass is 10.1. The fraction of sp³-hybridized carbons (Fsp3) is 0.417. The van der Waals surface area contributed by atoms with Gasteiger partial charge in [-0.05, 0) is 29.3 Å². The smallest absolute Gasteiger partial charge is 0.252 e. The van der Waals surface area contributed by atoms with Crippen molar-refractivity contribution in [3.8, 4) is 0 Å². The van der Waals surface area contributed by atoms with Crippen molar-refractivity contribution in [1.82, 2.24) is 4.90 Å². The van der Waals surface area contributed by atoms with E-state index in [1.807, 2.05) is 6.07 Å². The largest absolute Gasteiger partial charge is 0.379 e. The number of hydrogen-bond donors (Lipinski definition) is 0. The van der Waals surface area contributed by atoms with Crippen molar-refractivity contribution in [2.45, 2.75) is 6.54 Å². The maximum atomic E-state index is 11.0. The molecular weight excluding hydrogens is 376 g/mol. The number of hydrogen-bond acceptors (Lipinski definition) is 3. The molecule has 0 unspecified atom stereocenters. The molecule has 0 aromatic heterocycles. The fourth-order valence-corrected chi connectivity index (χ4v) is 2.42. The van der Waals surface area contributed by atoms with Crippen LogP contribution in [-0.4, -0.2) is 36.4 Å². The molecule has 0 spiro atoms. The molecule has 0 aliphatic carbocycles. The van der Waals surface area contributed by atoms with E-state index in [0.29, 0.717) is 5.56 Å². The summed E-state index contributed by atoms with van der Waals surface area (Å²) in [5, 5.41) is -0.427. The van der Waals surface area contributed by atoms with Crippen LogP contribution in [0.4, 0.5) is 0 Å². The molecule has 0 amide bonds. The van der Waals surface area contributed by atoms with E-state index in [2.05, 4.69) is 20.8 Å². The lowest BCUT2D eigenvalue weighted by Crippen LogP contribution is -2.35. The normalized spacial score (nSPS) is 15.3. The minimum absolute atomic E-state index is 0. The Morgan fingerprint density at radius 1 is 1.32 bits per heavy atom. The Morgan fingerprint density at radius 3 is 2.47 bits per heavy atom. The van der Waals surface area contributed by atoms with Crippen molar-refractivity contribution in [1.29, 1.82) is 0 Å². The van der Waals surface area contributed by atoms with Crippen LogP contribution in [0.25, 0.3) is 0 Å². The molecule has 0 saturated carbocycles. The summed E-state index contributed by atoms with van der Waals surface area (Å²) in [5.74, 6) is 0. The molecule has 108 valence electrons. The number of carbonyl (C=O) groups is 1. The average Bonchev–Trinajstić information content (AvgIpc) is 2.33. The van der Waals surface area contributed by atoms with Gasteiger partial charge in [0.15, 0.2) is 0 Å². The Morgan fingerprint density at radius 2 is 1.95 bits per heavy atom. The van der Waals surface area contributed by atoms with E-state index < -0.39 is 5.24 Å². The molecule has 1 heterocycles. The van der Waals surface area contributed by atoms with Crippen molar-refractivity contribution in [2.24, 2.45) is 0 Å². The van der Waals surface area contributed by atoms with E-state index in [4.69, 9.17) is 16.3 Å². The summed E-state index contributed by atoms with van der Waals surface area (Å²) >= 11 is 8.91. The van der Waals surface area contributed by atoms with Crippen LogP contribution in [0.5, 0.6) is 0 Å². The Balaban J connectivity index is 0.00000162. The summed E-state index contributed by atoms with van der Waals surface area (Å²) in [6, 6.07) is 5.47. The topological polar surface area (TPSA) is 29.5 Å². The van der Waals surface area contributed by atoms with Gasteiger partial charge < -0.3 is 4.74 Å². The van der Waals surface area contributed by atoms with Crippen LogP contribution < -0.4 is 0 Å². The van der Waals surface area contributed by atoms with Gasteiger partial charge in [-0.15, -0.1) is 24.8 Å². The minimum Gasteiger partial charge on any atom is -0.379 e. The number of nitrogens with zero attached hydrogens (tertiary/aromatic N) is 1. The second-order valence-corrected chi connectivity index (χ2v) is 5.17. The van der Waals surface area contributed by atoms with Gasteiger partial charge in [0.2, 0.25) is 0 Å². The maximum Gasteiger partial charge on any atom is 0.252 e. The molecular formula is C12H15BrCl3NO2. The van der Waals surface area contributed by atoms with Crippen LogP contribution in [0.1, 0.15) is 15.9 Å². The van der Waals surface area contributed by atoms with Crippen LogP contribution >= 0.6 is 52.3 Å². The number of ether oxygens (including phenoxy) is 1. The minimum atomic E-state index is -0.427. The van der Waals surface area contributed by atoms with E-state index in [0.717, 1.165) is 42.9 Å². The van der Waals surface area contributed by atoms with Crippen LogP contribution in [0.15, 0.2) is 22.7 Å². The van der Waals surface area contributed by atoms with Gasteiger partial charge in [0, 0.05) is 29.7 Å². The standard InChI is InChI=1S/C12H13BrClNO2.2ClH/c13-11-7-9(12(14)16)1-2-10(11)8-15-3-5-17-6-4-15;;/h1-2,7H,3-6,8H2;2*1H. The Hall–Kier alpha value is 0.160. The quantitative estimate of drug-likeness (QED) is 0.739. The highest BCUT2D eigenvalue weighted by Gasteiger charge is 2.13. The molecule has 19 heavy (non-hydrogen) atoms. The van der Waals surface area contributed by atoms with Crippen molar-refractivity contribution in [3.05, 3.63) is 33.8 Å². The van der Waals surface area contributed by atoms with Gasteiger partial charge in [-0.3, -0.25) is 9.69 Å². The molecule has 0 radical (unpaired) electrons. The third kappa shape index (κ3) is 5.58. The van der Waals surface area contributed by atoms with E-state index in [1.165, 1.54) is 0 Å². The molecule has 0 N–H and O–H groups in total. The summed E-state index contributed by atoms with van der Waals surface area (Å²) in [7, 11) is 0. The highest BCUT2D eigenvalue weighted by Crippen LogP contribution is 2.21. The molecule has 2 rings (SSSR count). The van der Waals surface area contributed by atoms with Crippen LogP contribution in [0.2, 0.25) is 0 Å². The lowest BCUT2D eigenvalue weighted by Gasteiger charge is -2.27. The van der Waals surface area contributed by atoms with Crippen LogP contribution in [-0.2, 0) is 11.3 Å². The Kier molecular flexibility index (Phi) is 9.24. The summed E-state index contributed by atoms with van der Waals surface area (Å²) < 4.78 is 6.23. The number of rotatable bonds is 3. The van der Waals surface area contributed by atoms with Gasteiger partial charge in [-0.1, -0.05) is 22.0 Å². The van der Waals surface area contributed by atoms with E-state index >= 15 is 0 Å². The molecule has 0 bridgehead atoms. The first-order valence-corrected chi connectivity index (χ1v) is 6.62. The summed E-state index contributed by atoms with van der Waals surface area (Å²) in [6.07, 6.45) is 0. The second-order valence-electron chi connectivity index (χ2n) is 3.97. The van der Waals surface area contributed by atoms with Gasteiger partial charge in [0.05, 0.1) is 13.2 Å². The van der Waals surface area contributed by atoms with Crippen molar-refractivity contribution >= 4 is 57.6 Å². The lowest BCUT2D eigenvalue weighted by molar-refractivity contribution is 0.0341. The maximum absolute atomic E-state index is 11.0. The molecule has 1 aliphatic rings. The molecule has 1 aliphatic heterocycles. The summed E-state index contributed by atoms with van der Waals surface area (Å²) in [4.78, 5) is 13.3. The average molecular weight is 392 g/mol. The zero-order valence-corrected chi connectivity index (χ0v) is 14.1. The molecule has 1 saturated heterocycles. The molecule has 1 aromatic carbocycles. The van der Waals surface area contributed by atoms with Gasteiger partial charge in [-0.25, -0.2) is 0 Å². The monoisotopic (exact) mass is 389 g/mol. The van der Waals surface area contributed by atoms with Crippen molar-refractivity contribution in [2.75, 3.05) is 26.3 Å². The van der Waals surface area contributed by atoms with Gasteiger partial charge in [0.1, 0.15) is 0 Å². The second kappa shape index (κ2) is 9.16. The third-order valence-electron chi connectivity index (χ3n) is 2.78. The van der Waals surface area contributed by atoms with Crippen molar-refractivity contribution in [3.63, 3.8) is 0 Å². The zero-order valence-electron chi connectivity index (χ0n) is 10.1. The predicted molar refractivity (Wildman–Crippen MR) is 84.9 cm³/mol. The molecule has 7 heteroatoms. The fourth-order valence-electron chi connectivity index (χ4n) is 1.80. The number of benzene rings is 1. The zero-order chi connectivity index (χ0) is 12.3.